The molecule has 1 aliphatic heterocycles. The van der Waals surface area contributed by atoms with Crippen LogP contribution in [0.4, 0.5) is 0 Å². The molecule has 1 saturated heterocycles. The predicted octanol–water partition coefficient (Wildman–Crippen LogP) is 2.08. The maximum absolute atomic E-state index is 10.9. The third-order valence-electron chi connectivity index (χ3n) is 3.99. The summed E-state index contributed by atoms with van der Waals surface area (Å²) in [7, 11) is 1.36. The second kappa shape index (κ2) is 6.12. The van der Waals surface area contributed by atoms with Crippen molar-refractivity contribution in [2.45, 2.75) is 38.9 Å². The van der Waals surface area contributed by atoms with Gasteiger partial charge in [-0.1, -0.05) is 0 Å². The summed E-state index contributed by atoms with van der Waals surface area (Å²) in [5, 5.41) is 14.2. The highest BCUT2D eigenvalue weighted by atomic mass is 32.1. The molecule has 0 atom stereocenters. The quantitative estimate of drug-likeness (QED) is 0.807. The number of rotatable bonds is 5. The molecule has 0 spiro atoms. The van der Waals surface area contributed by atoms with Gasteiger partial charge in [-0.3, -0.25) is 0 Å². The van der Waals surface area contributed by atoms with Gasteiger partial charge in [0.05, 0.1) is 11.2 Å². The van der Waals surface area contributed by atoms with Crippen LogP contribution >= 0.6 is 11.3 Å². The monoisotopic (exact) mass is 324 g/mol. The fourth-order valence-corrected chi connectivity index (χ4v) is 2.77. The van der Waals surface area contributed by atoms with Crippen LogP contribution in [-0.4, -0.2) is 48.0 Å². The van der Waals surface area contributed by atoms with Gasteiger partial charge in [-0.05, 0) is 46.3 Å². The number of thiazole rings is 1. The Hall–Kier alpha value is -1.22. The van der Waals surface area contributed by atoms with Crippen LogP contribution in [0.1, 0.15) is 43.2 Å². The van der Waals surface area contributed by atoms with Crippen LogP contribution in [0.15, 0.2) is 10.9 Å². The van der Waals surface area contributed by atoms with E-state index < -0.39 is 24.3 Å². The third-order valence-corrected chi connectivity index (χ3v) is 4.78. The Bertz CT molecular complexity index is 581. The fourth-order valence-electron chi connectivity index (χ4n) is 2.01. The predicted molar refractivity (Wildman–Crippen MR) is 87.1 cm³/mol. The molecule has 0 unspecified atom stereocenters. The minimum Gasteiger partial charge on any atom is -0.476 e. The van der Waals surface area contributed by atoms with Gasteiger partial charge in [0.1, 0.15) is 5.01 Å². The summed E-state index contributed by atoms with van der Waals surface area (Å²) in [4.78, 5) is 15.0. The molecule has 120 valence electrons. The minimum absolute atomic E-state index is 0.0500. The Balaban J connectivity index is 2.26. The van der Waals surface area contributed by atoms with E-state index in [1.54, 1.807) is 0 Å². The Labute approximate surface area is 134 Å². The Kier molecular flexibility index (Phi) is 4.77. The highest BCUT2D eigenvalue weighted by molar-refractivity contribution is 7.10. The molecule has 0 saturated carbocycles. The maximum Gasteiger partial charge on any atom is 0.491 e. The lowest BCUT2D eigenvalue weighted by Gasteiger charge is -2.32. The van der Waals surface area contributed by atoms with Crippen molar-refractivity contribution in [2.75, 3.05) is 13.6 Å². The van der Waals surface area contributed by atoms with Crippen molar-refractivity contribution in [2.24, 2.45) is 0 Å². The molecule has 2 rings (SSSR count). The van der Waals surface area contributed by atoms with E-state index >= 15 is 0 Å². The molecular formula is C14H21BN2O4S. The van der Waals surface area contributed by atoms with Crippen LogP contribution in [0, 0.1) is 0 Å². The van der Waals surface area contributed by atoms with E-state index in [0.717, 1.165) is 5.47 Å². The SMILES string of the molecule is CNCC(=Cc1nc(C(=O)O)cs1)B1OC(C)(C)C(C)(C)O1. The summed E-state index contributed by atoms with van der Waals surface area (Å²) in [5.74, 6) is -1.03. The number of aromatic nitrogens is 1. The number of carboxylic acid groups (broad SMARTS) is 1. The zero-order valence-corrected chi connectivity index (χ0v) is 14.3. The van der Waals surface area contributed by atoms with Gasteiger partial charge in [0.2, 0.25) is 0 Å². The van der Waals surface area contributed by atoms with Crippen molar-refractivity contribution in [3.05, 3.63) is 21.6 Å². The smallest absolute Gasteiger partial charge is 0.476 e. The zero-order chi connectivity index (χ0) is 16.5. The van der Waals surface area contributed by atoms with E-state index in [4.69, 9.17) is 14.4 Å². The van der Waals surface area contributed by atoms with Crippen molar-refractivity contribution in [3.8, 4) is 0 Å². The molecule has 0 bridgehead atoms. The third kappa shape index (κ3) is 3.40. The molecule has 22 heavy (non-hydrogen) atoms. The van der Waals surface area contributed by atoms with Crippen molar-refractivity contribution in [1.29, 1.82) is 0 Å². The first-order valence-corrected chi connectivity index (χ1v) is 7.94. The largest absolute Gasteiger partial charge is 0.491 e. The summed E-state index contributed by atoms with van der Waals surface area (Å²) in [6, 6.07) is 0. The molecule has 8 heteroatoms. The molecule has 0 aromatic carbocycles. The number of hydrogen-bond donors (Lipinski definition) is 2. The molecule has 2 N–H and O–H groups in total. The number of carboxylic acids is 1. The summed E-state index contributed by atoms with van der Waals surface area (Å²) in [5.41, 5.74) is 0.0977. The molecule has 1 aliphatic rings. The number of hydrogen-bond acceptors (Lipinski definition) is 6. The van der Waals surface area contributed by atoms with E-state index in [1.165, 1.54) is 16.7 Å². The van der Waals surface area contributed by atoms with Gasteiger partial charge >= 0.3 is 13.1 Å². The van der Waals surface area contributed by atoms with Crippen molar-refractivity contribution < 1.29 is 19.2 Å². The minimum atomic E-state index is -1.03. The lowest BCUT2D eigenvalue weighted by atomic mass is 9.78. The Morgan fingerprint density at radius 3 is 2.45 bits per heavy atom. The van der Waals surface area contributed by atoms with Crippen molar-refractivity contribution in [3.63, 3.8) is 0 Å². The first-order valence-electron chi connectivity index (χ1n) is 7.06. The first-order chi connectivity index (χ1) is 10.2. The molecular weight excluding hydrogens is 303 g/mol. The fraction of sp³-hybridized carbons (Fsp3) is 0.571. The average molecular weight is 324 g/mol. The van der Waals surface area contributed by atoms with E-state index in [9.17, 15) is 4.79 Å². The van der Waals surface area contributed by atoms with Crippen LogP contribution in [-0.2, 0) is 9.31 Å². The van der Waals surface area contributed by atoms with Crippen LogP contribution in [0.2, 0.25) is 0 Å². The summed E-state index contributed by atoms with van der Waals surface area (Å²) in [6.45, 7) is 8.55. The van der Waals surface area contributed by atoms with Crippen molar-refractivity contribution >= 4 is 30.5 Å². The summed E-state index contributed by atoms with van der Waals surface area (Å²) >= 11 is 1.28. The number of aromatic carboxylic acids is 1. The number of likely N-dealkylation sites (N-methyl/N-ethyl adjacent to an activating group) is 1. The topological polar surface area (TPSA) is 80.7 Å². The molecule has 1 fully saturated rings. The number of carbonyl (C=O) groups is 1. The van der Waals surface area contributed by atoms with E-state index in [-0.39, 0.29) is 5.69 Å². The lowest BCUT2D eigenvalue weighted by Crippen LogP contribution is -2.41. The summed E-state index contributed by atoms with van der Waals surface area (Å²) < 4.78 is 12.1. The standard InChI is InChI=1S/C14H21BN2O4S/c1-13(2)14(3,4)21-15(20-13)9(7-16-5)6-11-17-10(8-22-11)12(18)19/h6,8,16H,7H2,1-5H3,(H,18,19). The zero-order valence-electron chi connectivity index (χ0n) is 13.5. The highest BCUT2D eigenvalue weighted by Gasteiger charge is 2.52. The number of nitrogens with one attached hydrogen (secondary N) is 1. The van der Waals surface area contributed by atoms with Gasteiger partial charge in [0, 0.05) is 11.9 Å². The lowest BCUT2D eigenvalue weighted by molar-refractivity contribution is 0.00578. The van der Waals surface area contributed by atoms with Crippen LogP contribution in [0.25, 0.3) is 6.08 Å². The second-order valence-electron chi connectivity index (χ2n) is 6.21. The van der Waals surface area contributed by atoms with Crippen molar-refractivity contribution in [1.82, 2.24) is 10.3 Å². The van der Waals surface area contributed by atoms with Gasteiger partial charge in [0.15, 0.2) is 5.69 Å². The van der Waals surface area contributed by atoms with Gasteiger partial charge in [-0.25, -0.2) is 9.78 Å². The molecule has 0 aliphatic carbocycles. The number of nitrogens with zero attached hydrogens (tertiary/aromatic N) is 1. The van der Waals surface area contributed by atoms with Gasteiger partial charge in [0.25, 0.3) is 0 Å². The van der Waals surface area contributed by atoms with Crippen LogP contribution in [0.3, 0.4) is 0 Å². The van der Waals surface area contributed by atoms with Crippen LogP contribution in [0.5, 0.6) is 0 Å². The first kappa shape index (κ1) is 17.1. The Morgan fingerprint density at radius 2 is 2.00 bits per heavy atom. The normalized spacial score (nSPS) is 20.4. The van der Waals surface area contributed by atoms with E-state index in [1.807, 2.05) is 40.8 Å². The molecule has 2 heterocycles. The molecule has 6 nitrogen and oxygen atoms in total. The molecule has 0 radical (unpaired) electrons. The molecule has 0 amide bonds. The average Bonchev–Trinajstić information content (AvgIpc) is 2.92. The maximum atomic E-state index is 10.9. The van der Waals surface area contributed by atoms with E-state index in [2.05, 4.69) is 10.3 Å². The Morgan fingerprint density at radius 1 is 1.41 bits per heavy atom. The summed E-state index contributed by atoms with van der Waals surface area (Å²) in [6.07, 6.45) is 1.83. The van der Waals surface area contributed by atoms with Gasteiger partial charge in [-0.2, -0.15) is 0 Å². The second-order valence-corrected chi connectivity index (χ2v) is 7.10. The molecule has 1 aromatic heterocycles. The van der Waals surface area contributed by atoms with Gasteiger partial charge in [-0.15, -0.1) is 11.3 Å². The van der Waals surface area contributed by atoms with E-state index in [0.29, 0.717) is 11.6 Å². The molecule has 1 aromatic rings. The van der Waals surface area contributed by atoms with Gasteiger partial charge < -0.3 is 19.7 Å². The van der Waals surface area contributed by atoms with Crippen LogP contribution < -0.4 is 5.32 Å². The highest BCUT2D eigenvalue weighted by Crippen LogP contribution is 2.38.